The number of aromatic nitrogens is 2. The van der Waals surface area contributed by atoms with Crippen LogP contribution in [-0.4, -0.2) is 28.0 Å². The minimum Gasteiger partial charge on any atom is -0.396 e. The minimum absolute atomic E-state index is 0.257. The van der Waals surface area contributed by atoms with Gasteiger partial charge in [-0.2, -0.15) is 5.10 Å². The van der Waals surface area contributed by atoms with Crippen molar-refractivity contribution in [1.82, 2.24) is 9.78 Å². The number of fused-ring (bicyclic) bond motifs is 1. The summed E-state index contributed by atoms with van der Waals surface area (Å²) >= 11 is 3.63. The Hall–Kier alpha value is -0.550. The molecule has 0 aromatic carbocycles. The number of halogens is 1. The second kappa shape index (κ2) is 5.87. The molecule has 2 rings (SSSR count). The summed E-state index contributed by atoms with van der Waals surface area (Å²) in [6.07, 6.45) is 4.24. The van der Waals surface area contributed by atoms with Crippen LogP contribution in [-0.2, 0) is 13.0 Å². The first-order valence-electron chi connectivity index (χ1n) is 6.36. The van der Waals surface area contributed by atoms with Crippen LogP contribution in [0.5, 0.6) is 0 Å². The number of rotatable bonds is 5. The number of nitrogens with zero attached hydrogens (tertiary/aromatic N) is 2. The van der Waals surface area contributed by atoms with Gasteiger partial charge in [-0.15, -0.1) is 0 Å². The van der Waals surface area contributed by atoms with E-state index in [1.54, 1.807) is 0 Å². The summed E-state index contributed by atoms with van der Waals surface area (Å²) < 4.78 is 3.16. The fraction of sp³-hybridized carbons (Fsp3) is 0.750. The van der Waals surface area contributed by atoms with E-state index in [1.807, 2.05) is 4.68 Å². The van der Waals surface area contributed by atoms with E-state index in [2.05, 4.69) is 33.3 Å². The number of aliphatic hydroxyl groups is 1. The van der Waals surface area contributed by atoms with Gasteiger partial charge in [-0.05, 0) is 41.1 Å². The van der Waals surface area contributed by atoms with Crippen LogP contribution >= 0.6 is 15.9 Å². The Morgan fingerprint density at radius 1 is 1.59 bits per heavy atom. The molecule has 2 heterocycles. The predicted octanol–water partition coefficient (Wildman–Crippen LogP) is 2.41. The highest BCUT2D eigenvalue weighted by molar-refractivity contribution is 9.10. The summed E-state index contributed by atoms with van der Waals surface area (Å²) in [6.45, 7) is 4.29. The molecule has 96 valence electrons. The third-order valence-electron chi connectivity index (χ3n) is 3.25. The second-order valence-electron chi connectivity index (χ2n) is 4.65. The lowest BCUT2D eigenvalue weighted by Crippen LogP contribution is -2.28. The van der Waals surface area contributed by atoms with Crippen molar-refractivity contribution in [3.8, 4) is 0 Å². The normalized spacial score (nSPS) is 18.9. The molecule has 1 aliphatic rings. The highest BCUT2D eigenvalue weighted by Gasteiger charge is 2.23. The van der Waals surface area contributed by atoms with E-state index in [0.29, 0.717) is 5.92 Å². The van der Waals surface area contributed by atoms with Crippen molar-refractivity contribution < 1.29 is 5.11 Å². The van der Waals surface area contributed by atoms with Crippen LogP contribution in [0.15, 0.2) is 4.47 Å². The zero-order chi connectivity index (χ0) is 12.3. The van der Waals surface area contributed by atoms with E-state index in [9.17, 15) is 0 Å². The molecular weight excluding hydrogens is 282 g/mol. The summed E-state index contributed by atoms with van der Waals surface area (Å²) in [5, 5.41) is 17.0. The maximum atomic E-state index is 8.98. The predicted molar refractivity (Wildman–Crippen MR) is 72.2 cm³/mol. The summed E-state index contributed by atoms with van der Waals surface area (Å²) in [6, 6.07) is 0. The fourth-order valence-corrected chi connectivity index (χ4v) is 2.84. The molecule has 1 unspecified atom stereocenters. The van der Waals surface area contributed by atoms with Crippen LogP contribution in [0.1, 0.15) is 31.9 Å². The molecular formula is C12H20BrN3O. The van der Waals surface area contributed by atoms with Gasteiger partial charge in [0.15, 0.2) is 0 Å². The topological polar surface area (TPSA) is 50.1 Å². The average Bonchev–Trinajstić information content (AvgIpc) is 2.64. The van der Waals surface area contributed by atoms with Gasteiger partial charge in [0.1, 0.15) is 5.82 Å². The fourth-order valence-electron chi connectivity index (χ4n) is 2.22. The zero-order valence-electron chi connectivity index (χ0n) is 10.2. The molecule has 0 saturated carbocycles. The van der Waals surface area contributed by atoms with Crippen LogP contribution in [0.2, 0.25) is 0 Å². The molecule has 1 aliphatic heterocycles. The molecule has 0 amide bonds. The molecule has 0 aliphatic carbocycles. The van der Waals surface area contributed by atoms with Crippen LogP contribution in [0, 0.1) is 5.92 Å². The third-order valence-corrected chi connectivity index (χ3v) is 4.09. The largest absolute Gasteiger partial charge is 0.396 e. The lowest BCUT2D eigenvalue weighted by atomic mass is 10.1. The van der Waals surface area contributed by atoms with Gasteiger partial charge in [0.05, 0.1) is 10.2 Å². The first kappa shape index (κ1) is 12.9. The van der Waals surface area contributed by atoms with Gasteiger partial charge in [0.2, 0.25) is 0 Å². The maximum Gasteiger partial charge on any atom is 0.139 e. The minimum atomic E-state index is 0.257. The highest BCUT2D eigenvalue weighted by atomic mass is 79.9. The van der Waals surface area contributed by atoms with Gasteiger partial charge >= 0.3 is 0 Å². The number of hydrogen-bond acceptors (Lipinski definition) is 3. The Labute approximate surface area is 111 Å². The molecule has 1 aromatic heterocycles. The molecule has 0 spiro atoms. The van der Waals surface area contributed by atoms with Gasteiger partial charge in [0, 0.05) is 19.7 Å². The summed E-state index contributed by atoms with van der Waals surface area (Å²) in [5.74, 6) is 1.59. The summed E-state index contributed by atoms with van der Waals surface area (Å²) in [4.78, 5) is 0. The smallest absolute Gasteiger partial charge is 0.139 e. The Balaban J connectivity index is 2.10. The number of aliphatic hydroxyl groups excluding tert-OH is 1. The first-order valence-corrected chi connectivity index (χ1v) is 7.15. The van der Waals surface area contributed by atoms with E-state index < -0.39 is 0 Å². The van der Waals surface area contributed by atoms with Gasteiger partial charge < -0.3 is 10.4 Å². The lowest BCUT2D eigenvalue weighted by molar-refractivity contribution is 0.244. The third kappa shape index (κ3) is 2.83. The standard InChI is InChI=1S/C12H20BrN3O/c1-2-3-4-10-11(13)12-14-7-9(5-6-17)8-16(12)15-10/h9,14,17H,2-8H2,1H3. The van der Waals surface area contributed by atoms with Gasteiger partial charge in [-0.3, -0.25) is 0 Å². The number of anilines is 1. The SMILES string of the molecule is CCCCc1nn2c(c1Br)NCC(CCO)C2. The molecule has 2 N–H and O–H groups in total. The van der Waals surface area contributed by atoms with Crippen LogP contribution in [0.25, 0.3) is 0 Å². The van der Waals surface area contributed by atoms with Crippen molar-refractivity contribution in [2.45, 2.75) is 39.2 Å². The number of unbranched alkanes of at least 4 members (excludes halogenated alkanes) is 1. The Morgan fingerprint density at radius 2 is 2.41 bits per heavy atom. The Kier molecular flexibility index (Phi) is 4.45. The molecule has 1 aromatic rings. The molecule has 0 saturated heterocycles. The van der Waals surface area contributed by atoms with Crippen molar-refractivity contribution in [1.29, 1.82) is 0 Å². The van der Waals surface area contributed by atoms with Crippen molar-refractivity contribution in [2.75, 3.05) is 18.5 Å². The van der Waals surface area contributed by atoms with E-state index in [-0.39, 0.29) is 6.61 Å². The summed E-state index contributed by atoms with van der Waals surface area (Å²) in [5.41, 5.74) is 1.15. The van der Waals surface area contributed by atoms with Gasteiger partial charge in [-0.1, -0.05) is 13.3 Å². The van der Waals surface area contributed by atoms with Crippen molar-refractivity contribution >= 4 is 21.7 Å². The molecule has 1 atom stereocenters. The van der Waals surface area contributed by atoms with Crippen LogP contribution < -0.4 is 5.32 Å². The van der Waals surface area contributed by atoms with Crippen molar-refractivity contribution in [3.63, 3.8) is 0 Å². The number of hydrogen-bond donors (Lipinski definition) is 2. The Morgan fingerprint density at radius 3 is 3.12 bits per heavy atom. The molecule has 0 bridgehead atoms. The number of nitrogens with one attached hydrogen (secondary N) is 1. The Bertz CT molecular complexity index is 378. The van der Waals surface area contributed by atoms with Crippen LogP contribution in [0.4, 0.5) is 5.82 Å². The quantitative estimate of drug-likeness (QED) is 0.878. The molecule has 17 heavy (non-hydrogen) atoms. The molecule has 0 radical (unpaired) electrons. The van der Waals surface area contributed by atoms with Crippen molar-refractivity contribution in [2.24, 2.45) is 5.92 Å². The van der Waals surface area contributed by atoms with E-state index in [1.165, 1.54) is 12.8 Å². The monoisotopic (exact) mass is 301 g/mol. The maximum absolute atomic E-state index is 8.98. The molecule has 4 nitrogen and oxygen atoms in total. The van der Waals surface area contributed by atoms with E-state index in [4.69, 9.17) is 5.11 Å². The highest BCUT2D eigenvalue weighted by Crippen LogP contribution is 2.31. The van der Waals surface area contributed by atoms with Gasteiger partial charge in [-0.25, -0.2) is 4.68 Å². The average molecular weight is 302 g/mol. The van der Waals surface area contributed by atoms with Crippen molar-refractivity contribution in [3.05, 3.63) is 10.2 Å². The van der Waals surface area contributed by atoms with Crippen LogP contribution in [0.3, 0.4) is 0 Å². The number of aryl methyl sites for hydroxylation is 1. The second-order valence-corrected chi connectivity index (χ2v) is 5.45. The molecule has 0 fully saturated rings. The van der Waals surface area contributed by atoms with E-state index in [0.717, 1.165) is 41.9 Å². The molecule has 5 heteroatoms. The lowest BCUT2D eigenvalue weighted by Gasteiger charge is -2.24. The van der Waals surface area contributed by atoms with E-state index >= 15 is 0 Å². The van der Waals surface area contributed by atoms with Gasteiger partial charge in [0.25, 0.3) is 0 Å². The zero-order valence-corrected chi connectivity index (χ0v) is 11.8. The first-order chi connectivity index (χ1) is 8.26. The summed E-state index contributed by atoms with van der Waals surface area (Å²) in [7, 11) is 0.